The van der Waals surface area contributed by atoms with Crippen LogP contribution in [0.25, 0.3) is 73.5 Å². The monoisotopic (exact) mass is 495 g/mol. The fourth-order valence-corrected chi connectivity index (χ4v) is 8.20. The molecule has 0 spiro atoms. The third-order valence-corrected chi connectivity index (χ3v) is 9.64. The highest BCUT2D eigenvalue weighted by Gasteiger charge is 2.21. The molecule has 0 aliphatic rings. The first kappa shape index (κ1) is 19.1. The lowest BCUT2D eigenvalue weighted by Gasteiger charge is -2.09. The van der Waals surface area contributed by atoms with Gasteiger partial charge in [0.05, 0.1) is 22.2 Å². The number of nitrogens with zero attached hydrogens (tertiary/aromatic N) is 3. The summed E-state index contributed by atoms with van der Waals surface area (Å²) in [5.41, 5.74) is 4.56. The van der Waals surface area contributed by atoms with Crippen LogP contribution in [-0.4, -0.2) is 14.2 Å². The Balaban J connectivity index is 1.55. The summed E-state index contributed by atoms with van der Waals surface area (Å²) in [6.45, 7) is 0. The number of benzene rings is 4. The van der Waals surface area contributed by atoms with E-state index in [9.17, 15) is 0 Å². The van der Waals surface area contributed by atoms with E-state index in [1.807, 2.05) is 27.2 Å². The van der Waals surface area contributed by atoms with E-state index in [1.54, 1.807) is 0 Å². The molecule has 0 aliphatic heterocycles. The second-order valence-corrected chi connectivity index (χ2v) is 11.4. The third kappa shape index (κ3) is 2.34. The highest BCUT2D eigenvalue weighted by Crippen LogP contribution is 2.46. The van der Waals surface area contributed by atoms with Crippen molar-refractivity contribution >= 4 is 90.5 Å². The van der Waals surface area contributed by atoms with Gasteiger partial charge in [0.1, 0.15) is 4.83 Å². The average Bonchev–Trinajstić information content (AvgIpc) is 3.65. The molecule has 0 bridgehead atoms. The Morgan fingerprint density at radius 3 is 2.22 bits per heavy atom. The number of thiophene rings is 2. The fraction of sp³-hybridized carbons (Fsp3) is 0. The summed E-state index contributed by atoms with van der Waals surface area (Å²) in [6.07, 6.45) is 2.05. The minimum absolute atomic E-state index is 1.01. The Morgan fingerprint density at radius 2 is 1.33 bits per heavy atom. The summed E-state index contributed by atoms with van der Waals surface area (Å²) in [4.78, 5) is 1.28. The van der Waals surface area contributed by atoms with Gasteiger partial charge in [-0.1, -0.05) is 54.6 Å². The Bertz CT molecular complexity index is 2330. The molecular formula is C31H17N3S2. The molecule has 0 fully saturated rings. The molecule has 168 valence electrons. The Kier molecular flexibility index (Phi) is 3.56. The number of pyridine rings is 1. The molecule has 4 aromatic carbocycles. The highest BCUT2D eigenvalue weighted by molar-refractivity contribution is 7.26. The van der Waals surface area contributed by atoms with Crippen LogP contribution < -0.4 is 0 Å². The van der Waals surface area contributed by atoms with Crippen LogP contribution in [0.4, 0.5) is 0 Å². The minimum atomic E-state index is 1.01. The first-order chi connectivity index (χ1) is 17.8. The molecule has 3 nitrogen and oxygen atoms in total. The zero-order valence-electron chi connectivity index (χ0n) is 19.0. The standard InChI is InChI=1S/C31H17N3S2/c1-4-11-23-19(9-1)30-24(12-7-15-33(30)32-23)34-25-16-21-18-8-2-5-13-26(18)35-28(21)17-22(25)29-20-10-3-6-14-27(20)36-31(29)34/h1-17H. The van der Waals surface area contributed by atoms with E-state index < -0.39 is 0 Å². The summed E-state index contributed by atoms with van der Waals surface area (Å²) in [6, 6.07) is 35.2. The molecule has 5 heterocycles. The molecular weight excluding hydrogens is 478 g/mol. The van der Waals surface area contributed by atoms with Gasteiger partial charge < -0.3 is 0 Å². The van der Waals surface area contributed by atoms with Crippen LogP contribution in [0.3, 0.4) is 0 Å². The molecule has 0 radical (unpaired) electrons. The van der Waals surface area contributed by atoms with Crippen molar-refractivity contribution in [1.29, 1.82) is 0 Å². The minimum Gasteiger partial charge on any atom is -0.298 e. The van der Waals surface area contributed by atoms with Gasteiger partial charge in [-0.05, 0) is 42.5 Å². The highest BCUT2D eigenvalue weighted by atomic mass is 32.1. The van der Waals surface area contributed by atoms with Crippen molar-refractivity contribution in [2.24, 2.45) is 0 Å². The maximum Gasteiger partial charge on any atom is 0.109 e. The van der Waals surface area contributed by atoms with Crippen molar-refractivity contribution in [3.05, 3.63) is 103 Å². The average molecular weight is 496 g/mol. The van der Waals surface area contributed by atoms with Crippen LogP contribution >= 0.6 is 22.7 Å². The second kappa shape index (κ2) is 6.72. The van der Waals surface area contributed by atoms with Crippen molar-refractivity contribution in [3.63, 3.8) is 0 Å². The lowest BCUT2D eigenvalue weighted by Crippen LogP contribution is -1.97. The van der Waals surface area contributed by atoms with Crippen LogP contribution in [0.15, 0.2) is 103 Å². The van der Waals surface area contributed by atoms with E-state index in [-0.39, 0.29) is 0 Å². The van der Waals surface area contributed by atoms with Gasteiger partial charge in [0.15, 0.2) is 0 Å². The second-order valence-electron chi connectivity index (χ2n) is 9.28. The third-order valence-electron chi connectivity index (χ3n) is 7.35. The molecule has 0 saturated carbocycles. The van der Waals surface area contributed by atoms with Crippen molar-refractivity contribution in [2.45, 2.75) is 0 Å². The molecule has 0 unspecified atom stereocenters. The quantitative estimate of drug-likeness (QED) is 0.222. The first-order valence-electron chi connectivity index (χ1n) is 12.0. The van der Waals surface area contributed by atoms with Gasteiger partial charge in [0, 0.05) is 52.6 Å². The number of fused-ring (bicyclic) bond motifs is 11. The van der Waals surface area contributed by atoms with E-state index in [0.29, 0.717) is 0 Å². The predicted molar refractivity (Wildman–Crippen MR) is 155 cm³/mol. The van der Waals surface area contributed by atoms with Gasteiger partial charge in [-0.2, -0.15) is 5.10 Å². The number of rotatable bonds is 1. The number of aromatic nitrogens is 3. The van der Waals surface area contributed by atoms with Crippen molar-refractivity contribution in [2.75, 3.05) is 0 Å². The molecule has 36 heavy (non-hydrogen) atoms. The summed E-state index contributed by atoms with van der Waals surface area (Å²) in [5, 5.41) is 12.7. The van der Waals surface area contributed by atoms with E-state index in [1.165, 1.54) is 56.8 Å². The first-order valence-corrected chi connectivity index (χ1v) is 13.6. The summed E-state index contributed by atoms with van der Waals surface area (Å²) in [7, 11) is 0. The van der Waals surface area contributed by atoms with Crippen LogP contribution in [0.1, 0.15) is 0 Å². The van der Waals surface area contributed by atoms with Crippen molar-refractivity contribution in [3.8, 4) is 5.69 Å². The number of hydrogen-bond donors (Lipinski definition) is 0. The van der Waals surface area contributed by atoms with Gasteiger partial charge >= 0.3 is 0 Å². The normalized spacial score (nSPS) is 12.4. The van der Waals surface area contributed by atoms with E-state index in [4.69, 9.17) is 5.10 Å². The number of hydrogen-bond acceptors (Lipinski definition) is 3. The maximum absolute atomic E-state index is 4.88. The SMILES string of the molecule is c1ccc2c(c1)nn1cccc(-n3c4cc5c(cc4c4c6ccccc6sc43)sc3ccccc35)c21. The van der Waals surface area contributed by atoms with Crippen molar-refractivity contribution in [1.82, 2.24) is 14.2 Å². The lowest BCUT2D eigenvalue weighted by atomic mass is 10.1. The largest absolute Gasteiger partial charge is 0.298 e. The van der Waals surface area contributed by atoms with Crippen LogP contribution in [0.2, 0.25) is 0 Å². The van der Waals surface area contributed by atoms with Crippen molar-refractivity contribution < 1.29 is 0 Å². The molecule has 0 N–H and O–H groups in total. The van der Waals surface area contributed by atoms with Gasteiger partial charge in [0.2, 0.25) is 0 Å². The van der Waals surface area contributed by atoms with E-state index in [2.05, 4.69) is 108 Å². The van der Waals surface area contributed by atoms with Crippen LogP contribution in [0.5, 0.6) is 0 Å². The maximum atomic E-state index is 4.88. The molecule has 0 saturated heterocycles. The summed E-state index contributed by atoms with van der Waals surface area (Å²) >= 11 is 3.76. The molecule has 9 aromatic rings. The van der Waals surface area contributed by atoms with Gasteiger partial charge in [-0.15, -0.1) is 22.7 Å². The summed E-state index contributed by atoms with van der Waals surface area (Å²) < 4.78 is 8.50. The van der Waals surface area contributed by atoms with Gasteiger partial charge in [-0.3, -0.25) is 4.57 Å². The molecule has 0 atom stereocenters. The zero-order valence-corrected chi connectivity index (χ0v) is 20.6. The molecule has 0 amide bonds. The zero-order chi connectivity index (χ0) is 23.4. The Morgan fingerprint density at radius 1 is 0.583 bits per heavy atom. The predicted octanol–water partition coefficient (Wildman–Crippen LogP) is 9.17. The molecule has 5 aromatic heterocycles. The van der Waals surface area contributed by atoms with E-state index in [0.717, 1.165) is 16.7 Å². The summed E-state index contributed by atoms with van der Waals surface area (Å²) in [5.74, 6) is 0. The molecule has 9 rings (SSSR count). The van der Waals surface area contributed by atoms with E-state index >= 15 is 0 Å². The fourth-order valence-electron chi connectivity index (χ4n) is 5.83. The molecule has 0 aliphatic carbocycles. The lowest BCUT2D eigenvalue weighted by molar-refractivity contribution is 0.972. The van der Waals surface area contributed by atoms with Crippen LogP contribution in [-0.2, 0) is 0 Å². The van der Waals surface area contributed by atoms with Gasteiger partial charge in [0.25, 0.3) is 0 Å². The van der Waals surface area contributed by atoms with Gasteiger partial charge in [-0.25, -0.2) is 4.52 Å². The smallest absolute Gasteiger partial charge is 0.109 e. The Hall–Kier alpha value is -4.19. The van der Waals surface area contributed by atoms with Crippen LogP contribution in [0, 0.1) is 0 Å². The molecule has 5 heteroatoms. The Labute approximate surface area is 213 Å². The topological polar surface area (TPSA) is 22.2 Å².